The third kappa shape index (κ3) is 4.24. The Balaban J connectivity index is 2.03. The van der Waals surface area contributed by atoms with Gasteiger partial charge in [0.15, 0.2) is 0 Å². The number of hydrogen-bond donors (Lipinski definition) is 1. The van der Waals surface area contributed by atoms with Crippen LogP contribution in [-0.4, -0.2) is 35.1 Å². The van der Waals surface area contributed by atoms with Gasteiger partial charge in [-0.1, -0.05) is 30.3 Å². The van der Waals surface area contributed by atoms with Gasteiger partial charge >= 0.3 is 6.09 Å². The van der Waals surface area contributed by atoms with Crippen molar-refractivity contribution in [2.75, 3.05) is 7.05 Å². The summed E-state index contributed by atoms with van der Waals surface area (Å²) >= 11 is 0. The highest BCUT2D eigenvalue weighted by Crippen LogP contribution is 2.39. The van der Waals surface area contributed by atoms with E-state index in [4.69, 9.17) is 4.74 Å². The van der Waals surface area contributed by atoms with Crippen molar-refractivity contribution in [3.63, 3.8) is 0 Å². The van der Waals surface area contributed by atoms with E-state index in [0.29, 0.717) is 12.8 Å². The molecule has 2 amide bonds. The lowest BCUT2D eigenvalue weighted by Crippen LogP contribution is -2.51. The molecule has 1 atom stereocenters. The molecule has 1 saturated carbocycles. The van der Waals surface area contributed by atoms with Crippen molar-refractivity contribution in [1.29, 1.82) is 0 Å². The highest BCUT2D eigenvalue weighted by atomic mass is 16.6. The summed E-state index contributed by atoms with van der Waals surface area (Å²) in [5.74, 6) is -0.0697. The van der Waals surface area contributed by atoms with E-state index in [1.807, 2.05) is 37.3 Å². The third-order valence-corrected chi connectivity index (χ3v) is 4.08. The summed E-state index contributed by atoms with van der Waals surface area (Å²) in [7, 11) is 1.77. The van der Waals surface area contributed by atoms with Gasteiger partial charge in [-0.25, -0.2) is 4.79 Å². The van der Waals surface area contributed by atoms with Gasteiger partial charge in [-0.2, -0.15) is 0 Å². The minimum Gasteiger partial charge on any atom is -0.444 e. The van der Waals surface area contributed by atoms with E-state index in [1.54, 1.807) is 32.7 Å². The Morgan fingerprint density at radius 1 is 1.22 bits per heavy atom. The van der Waals surface area contributed by atoms with Gasteiger partial charge in [-0.3, -0.25) is 4.79 Å². The molecule has 0 saturated heterocycles. The van der Waals surface area contributed by atoms with Crippen LogP contribution in [0, 0.1) is 0 Å². The van der Waals surface area contributed by atoms with Crippen LogP contribution in [0.2, 0.25) is 0 Å². The number of hydrogen-bond acceptors (Lipinski definition) is 3. The van der Waals surface area contributed by atoms with Crippen LogP contribution in [0.5, 0.6) is 0 Å². The quantitative estimate of drug-likeness (QED) is 0.927. The maximum absolute atomic E-state index is 12.8. The predicted octanol–water partition coefficient (Wildman–Crippen LogP) is 3.26. The van der Waals surface area contributed by atoms with Gasteiger partial charge in [-0.15, -0.1) is 0 Å². The molecule has 0 heterocycles. The second-order valence-corrected chi connectivity index (χ2v) is 7.21. The highest BCUT2D eigenvalue weighted by molar-refractivity contribution is 5.93. The highest BCUT2D eigenvalue weighted by Gasteiger charge is 2.53. The molecule has 5 nitrogen and oxygen atoms in total. The summed E-state index contributed by atoms with van der Waals surface area (Å²) in [5, 5.41) is 2.76. The molecule has 1 aromatic rings. The molecule has 1 aliphatic rings. The first-order valence-corrected chi connectivity index (χ1v) is 7.98. The van der Waals surface area contributed by atoms with Crippen LogP contribution in [-0.2, 0) is 9.53 Å². The van der Waals surface area contributed by atoms with Crippen molar-refractivity contribution < 1.29 is 14.3 Å². The van der Waals surface area contributed by atoms with Crippen molar-refractivity contribution in [2.45, 2.75) is 57.7 Å². The van der Waals surface area contributed by atoms with Crippen molar-refractivity contribution in [1.82, 2.24) is 10.2 Å². The molecule has 23 heavy (non-hydrogen) atoms. The topological polar surface area (TPSA) is 58.6 Å². The van der Waals surface area contributed by atoms with Crippen molar-refractivity contribution in [3.8, 4) is 0 Å². The summed E-state index contributed by atoms with van der Waals surface area (Å²) in [6, 6.07) is 9.79. The molecule has 5 heteroatoms. The number of rotatable bonds is 4. The van der Waals surface area contributed by atoms with Crippen LogP contribution in [0.3, 0.4) is 0 Å². The normalized spacial score (nSPS) is 17.1. The van der Waals surface area contributed by atoms with Crippen LogP contribution < -0.4 is 5.32 Å². The fourth-order valence-electron chi connectivity index (χ4n) is 2.48. The van der Waals surface area contributed by atoms with Crippen molar-refractivity contribution in [2.24, 2.45) is 0 Å². The molecule has 0 spiro atoms. The van der Waals surface area contributed by atoms with Gasteiger partial charge in [-0.05, 0) is 46.1 Å². The van der Waals surface area contributed by atoms with E-state index in [2.05, 4.69) is 5.32 Å². The molecule has 0 bridgehead atoms. The molecule has 0 radical (unpaired) electrons. The zero-order chi connectivity index (χ0) is 17.3. The fourth-order valence-corrected chi connectivity index (χ4v) is 2.48. The Morgan fingerprint density at radius 3 is 2.26 bits per heavy atom. The Hall–Kier alpha value is -2.04. The zero-order valence-corrected chi connectivity index (χ0v) is 14.6. The summed E-state index contributed by atoms with van der Waals surface area (Å²) < 4.78 is 5.27. The molecule has 126 valence electrons. The number of amides is 2. The van der Waals surface area contributed by atoms with E-state index in [-0.39, 0.29) is 11.9 Å². The first kappa shape index (κ1) is 17.3. The van der Waals surface area contributed by atoms with E-state index in [1.165, 1.54) is 0 Å². The van der Waals surface area contributed by atoms with Crippen LogP contribution >= 0.6 is 0 Å². The average molecular weight is 318 g/mol. The predicted molar refractivity (Wildman–Crippen MR) is 89.0 cm³/mol. The minimum atomic E-state index is -0.805. The number of alkyl carbamates (subject to hydrolysis) is 1. The first-order valence-electron chi connectivity index (χ1n) is 7.98. The molecular formula is C18H26N2O3. The molecule has 0 aromatic heterocycles. The van der Waals surface area contributed by atoms with Crippen LogP contribution in [0.4, 0.5) is 4.79 Å². The molecule has 1 unspecified atom stereocenters. The van der Waals surface area contributed by atoms with E-state index in [0.717, 1.165) is 5.56 Å². The van der Waals surface area contributed by atoms with Crippen LogP contribution in [0.25, 0.3) is 0 Å². The number of nitrogens with zero attached hydrogens (tertiary/aromatic N) is 1. The van der Waals surface area contributed by atoms with Gasteiger partial charge in [0.05, 0.1) is 6.04 Å². The SMILES string of the molecule is CC(c1ccccc1)N(C)C(=O)C1(NC(=O)OC(C)(C)C)CC1. The molecule has 2 rings (SSSR count). The summed E-state index contributed by atoms with van der Waals surface area (Å²) in [6.07, 6.45) is 0.762. The zero-order valence-electron chi connectivity index (χ0n) is 14.6. The first-order chi connectivity index (χ1) is 10.6. The lowest BCUT2D eigenvalue weighted by Gasteiger charge is -2.30. The maximum Gasteiger partial charge on any atom is 0.408 e. The number of ether oxygens (including phenoxy) is 1. The maximum atomic E-state index is 12.8. The number of likely N-dealkylation sites (N-methyl/N-ethyl adjacent to an activating group) is 1. The van der Waals surface area contributed by atoms with Gasteiger partial charge in [0, 0.05) is 7.05 Å². The van der Waals surface area contributed by atoms with E-state index in [9.17, 15) is 9.59 Å². The molecule has 1 aliphatic carbocycles. The van der Waals surface area contributed by atoms with Gasteiger partial charge < -0.3 is 15.0 Å². The molecule has 1 N–H and O–H groups in total. The average Bonchev–Trinajstić information content (AvgIpc) is 3.24. The van der Waals surface area contributed by atoms with Gasteiger partial charge in [0.1, 0.15) is 11.1 Å². The van der Waals surface area contributed by atoms with Crippen molar-refractivity contribution >= 4 is 12.0 Å². The van der Waals surface area contributed by atoms with E-state index >= 15 is 0 Å². The largest absolute Gasteiger partial charge is 0.444 e. The Kier molecular flexibility index (Phi) is 4.68. The summed E-state index contributed by atoms with van der Waals surface area (Å²) in [4.78, 5) is 26.5. The van der Waals surface area contributed by atoms with Crippen LogP contribution in [0.1, 0.15) is 52.1 Å². The Bertz CT molecular complexity index is 574. The monoisotopic (exact) mass is 318 g/mol. The number of benzene rings is 1. The van der Waals surface area contributed by atoms with E-state index < -0.39 is 17.2 Å². The second kappa shape index (κ2) is 6.22. The second-order valence-electron chi connectivity index (χ2n) is 7.21. The standard InChI is InChI=1S/C18H26N2O3/c1-13(14-9-7-6-8-10-14)20(5)15(21)18(11-12-18)19-16(22)23-17(2,3)4/h6-10,13H,11-12H2,1-5H3,(H,19,22). The Labute approximate surface area is 138 Å². The lowest BCUT2D eigenvalue weighted by atomic mass is 10.1. The fraction of sp³-hybridized carbons (Fsp3) is 0.556. The minimum absolute atomic E-state index is 0.0541. The van der Waals surface area contributed by atoms with Crippen LogP contribution in [0.15, 0.2) is 30.3 Å². The smallest absolute Gasteiger partial charge is 0.408 e. The summed E-state index contributed by atoms with van der Waals surface area (Å²) in [5.41, 5.74) is -0.316. The van der Waals surface area contributed by atoms with Gasteiger partial charge in [0.25, 0.3) is 0 Å². The van der Waals surface area contributed by atoms with Crippen molar-refractivity contribution in [3.05, 3.63) is 35.9 Å². The third-order valence-electron chi connectivity index (χ3n) is 4.08. The number of carbonyl (C=O) groups excluding carboxylic acids is 2. The molecular weight excluding hydrogens is 292 g/mol. The Morgan fingerprint density at radius 2 is 1.78 bits per heavy atom. The summed E-state index contributed by atoms with van der Waals surface area (Å²) in [6.45, 7) is 7.39. The number of carbonyl (C=O) groups is 2. The number of nitrogens with one attached hydrogen (secondary N) is 1. The van der Waals surface area contributed by atoms with Gasteiger partial charge in [0.2, 0.25) is 5.91 Å². The molecule has 1 fully saturated rings. The molecule has 0 aliphatic heterocycles. The lowest BCUT2D eigenvalue weighted by molar-refractivity contribution is -0.135. The molecule has 1 aromatic carbocycles.